The Balaban J connectivity index is 1.32. The highest BCUT2D eigenvalue weighted by atomic mass is 19.4. The number of benzene rings is 3. The molecule has 4 aromatic rings. The van der Waals surface area contributed by atoms with Crippen molar-refractivity contribution in [2.45, 2.75) is 31.4 Å². The minimum Gasteiger partial charge on any atom is -0.406 e. The topological polar surface area (TPSA) is 70.6 Å². The number of aromatic nitrogens is 2. The lowest BCUT2D eigenvalue weighted by Crippen LogP contribution is -2.64. The van der Waals surface area contributed by atoms with Gasteiger partial charge in [-0.1, -0.05) is 12.1 Å². The zero-order valence-corrected chi connectivity index (χ0v) is 22.0. The summed E-state index contributed by atoms with van der Waals surface area (Å²) in [5.41, 5.74) is 2.59. The van der Waals surface area contributed by atoms with Crippen LogP contribution in [0.1, 0.15) is 28.8 Å². The van der Waals surface area contributed by atoms with Gasteiger partial charge in [-0.3, -0.25) is 14.6 Å². The largest absolute Gasteiger partial charge is 0.573 e. The third-order valence-electron chi connectivity index (χ3n) is 7.53. The van der Waals surface area contributed by atoms with Crippen LogP contribution in [0.5, 0.6) is 5.75 Å². The molecule has 216 valence electrons. The van der Waals surface area contributed by atoms with Crippen molar-refractivity contribution in [1.82, 2.24) is 14.9 Å². The van der Waals surface area contributed by atoms with Gasteiger partial charge in [-0.05, 0) is 60.2 Å². The smallest absolute Gasteiger partial charge is 0.406 e. The van der Waals surface area contributed by atoms with E-state index in [0.717, 1.165) is 11.6 Å². The first-order valence-corrected chi connectivity index (χ1v) is 13.2. The fourth-order valence-corrected chi connectivity index (χ4v) is 5.56. The van der Waals surface area contributed by atoms with Crippen molar-refractivity contribution in [2.75, 3.05) is 23.3 Å². The number of carbonyl (C=O) groups excluding carboxylic acids is 1. The lowest BCUT2D eigenvalue weighted by atomic mass is 9.88. The molecule has 2 aliphatic rings. The van der Waals surface area contributed by atoms with E-state index in [1.807, 2.05) is 6.07 Å². The van der Waals surface area contributed by atoms with Gasteiger partial charge in [-0.2, -0.15) is 0 Å². The molecule has 0 unspecified atom stereocenters. The Morgan fingerprint density at radius 3 is 2.36 bits per heavy atom. The Bertz CT molecular complexity index is 1610. The number of piperidine rings is 1. The molecule has 1 aromatic heterocycles. The summed E-state index contributed by atoms with van der Waals surface area (Å²) in [6.45, 7) is 1.40. The number of fused-ring (bicyclic) bond motifs is 1. The van der Waals surface area contributed by atoms with Crippen LogP contribution in [-0.2, 0) is 6.54 Å². The van der Waals surface area contributed by atoms with Crippen LogP contribution >= 0.6 is 0 Å². The zero-order valence-electron chi connectivity index (χ0n) is 22.0. The summed E-state index contributed by atoms with van der Waals surface area (Å²) in [6.07, 6.45) is -0.892. The summed E-state index contributed by atoms with van der Waals surface area (Å²) in [7, 11) is 0. The third kappa shape index (κ3) is 5.49. The Labute approximate surface area is 237 Å². The number of ether oxygens (including phenoxy) is 1. The van der Waals surface area contributed by atoms with Gasteiger partial charge in [-0.25, -0.2) is 18.7 Å². The molecule has 3 aromatic carbocycles. The van der Waals surface area contributed by atoms with E-state index < -0.39 is 29.4 Å². The van der Waals surface area contributed by atoms with Gasteiger partial charge in [0.05, 0.1) is 11.3 Å². The van der Waals surface area contributed by atoms with Gasteiger partial charge >= 0.3 is 6.36 Å². The van der Waals surface area contributed by atoms with Crippen LogP contribution in [0.4, 0.5) is 33.3 Å². The van der Waals surface area contributed by atoms with E-state index >= 15 is 0 Å². The van der Waals surface area contributed by atoms with Crippen LogP contribution in [0.2, 0.25) is 0 Å². The van der Waals surface area contributed by atoms with Crippen molar-refractivity contribution in [3.8, 4) is 17.0 Å². The number of hydrogen-bond donors (Lipinski definition) is 1. The van der Waals surface area contributed by atoms with Gasteiger partial charge in [0.2, 0.25) is 0 Å². The number of likely N-dealkylation sites (tertiary alicyclic amines) is 1. The van der Waals surface area contributed by atoms with E-state index in [9.17, 15) is 26.7 Å². The van der Waals surface area contributed by atoms with Crippen LogP contribution in [0.3, 0.4) is 0 Å². The quantitative estimate of drug-likeness (QED) is 0.276. The predicted molar refractivity (Wildman–Crippen MR) is 145 cm³/mol. The molecule has 0 atom stereocenters. The summed E-state index contributed by atoms with van der Waals surface area (Å²) >= 11 is 0. The van der Waals surface area contributed by atoms with Gasteiger partial charge in [0, 0.05) is 55.6 Å². The van der Waals surface area contributed by atoms with Crippen LogP contribution in [-0.4, -0.2) is 45.9 Å². The average Bonchev–Trinajstić information content (AvgIpc) is 2.96. The van der Waals surface area contributed by atoms with E-state index in [1.54, 1.807) is 29.3 Å². The SMILES string of the molecule is O=C1c2ccc(-c3ccncn3)cc2NC2(CCN(Cc3ccc(F)c(F)c3)CC2)N1c1ccc(OC(F)(F)F)cc1. The second kappa shape index (κ2) is 10.7. The number of anilines is 2. The second-order valence-electron chi connectivity index (χ2n) is 10.2. The summed E-state index contributed by atoms with van der Waals surface area (Å²) < 4.78 is 69.5. The van der Waals surface area contributed by atoms with Crippen LogP contribution in [0.15, 0.2) is 79.3 Å². The second-order valence-corrected chi connectivity index (χ2v) is 10.2. The number of nitrogens with zero attached hydrogens (tertiary/aromatic N) is 4. The van der Waals surface area contributed by atoms with E-state index in [-0.39, 0.29) is 5.91 Å². The summed E-state index contributed by atoms with van der Waals surface area (Å²) in [4.78, 5) is 26.0. The Morgan fingerprint density at radius 1 is 0.929 bits per heavy atom. The van der Waals surface area contributed by atoms with Crippen molar-refractivity contribution in [3.63, 3.8) is 0 Å². The fraction of sp³-hybridized carbons (Fsp3) is 0.233. The summed E-state index contributed by atoms with van der Waals surface area (Å²) in [5.74, 6) is -2.53. The molecule has 0 saturated carbocycles. The van der Waals surface area contributed by atoms with Crippen molar-refractivity contribution in [1.29, 1.82) is 0 Å². The maximum atomic E-state index is 14.1. The maximum Gasteiger partial charge on any atom is 0.573 e. The molecule has 1 spiro atoms. The molecule has 7 nitrogen and oxygen atoms in total. The number of halogens is 5. The van der Waals surface area contributed by atoms with Gasteiger partial charge in [-0.15, -0.1) is 13.2 Å². The predicted octanol–water partition coefficient (Wildman–Crippen LogP) is 6.39. The standard InChI is InChI=1S/C30H24F5N5O2/c31-24-8-1-19(15-25(24)32)17-39-13-10-29(11-14-39)38-27-16-20(26-9-12-36-18-37-26)2-7-23(27)28(41)40(29)21-3-5-22(6-4-21)42-30(33,34)35/h1-9,12,15-16,18,38H,10-11,13-14,17H2. The van der Waals surface area contributed by atoms with Gasteiger partial charge in [0.15, 0.2) is 11.6 Å². The van der Waals surface area contributed by atoms with Crippen molar-refractivity contribution < 1.29 is 31.5 Å². The highest BCUT2D eigenvalue weighted by Crippen LogP contribution is 2.42. The monoisotopic (exact) mass is 581 g/mol. The molecule has 3 heterocycles. The molecule has 0 bridgehead atoms. The maximum absolute atomic E-state index is 14.1. The van der Waals surface area contributed by atoms with Crippen LogP contribution < -0.4 is 15.0 Å². The number of amides is 1. The lowest BCUT2D eigenvalue weighted by molar-refractivity contribution is -0.274. The minimum atomic E-state index is -4.84. The summed E-state index contributed by atoms with van der Waals surface area (Å²) in [6, 6.07) is 16.1. The average molecular weight is 582 g/mol. The molecule has 1 fully saturated rings. The number of nitrogens with one attached hydrogen (secondary N) is 1. The molecular formula is C30H24F5N5O2. The van der Waals surface area contributed by atoms with Crippen molar-refractivity contribution >= 4 is 17.3 Å². The molecule has 1 saturated heterocycles. The van der Waals surface area contributed by atoms with Gasteiger partial charge < -0.3 is 10.1 Å². The molecule has 0 radical (unpaired) electrons. The Hall–Kier alpha value is -4.58. The van der Waals surface area contributed by atoms with E-state index in [4.69, 9.17) is 0 Å². The molecule has 42 heavy (non-hydrogen) atoms. The van der Waals surface area contributed by atoms with Crippen LogP contribution in [0.25, 0.3) is 11.3 Å². The number of carbonyl (C=O) groups is 1. The van der Waals surface area contributed by atoms with Gasteiger partial charge in [0.25, 0.3) is 5.91 Å². The third-order valence-corrected chi connectivity index (χ3v) is 7.53. The first-order valence-electron chi connectivity index (χ1n) is 13.2. The van der Waals surface area contributed by atoms with Crippen LogP contribution in [0, 0.1) is 11.6 Å². The Kier molecular flexibility index (Phi) is 7.01. The molecule has 0 aliphatic carbocycles. The number of alkyl halides is 3. The highest BCUT2D eigenvalue weighted by Gasteiger charge is 2.47. The molecule has 1 amide bonds. The highest BCUT2D eigenvalue weighted by molar-refractivity contribution is 6.13. The first kappa shape index (κ1) is 27.6. The lowest BCUT2D eigenvalue weighted by Gasteiger charge is -2.52. The van der Waals surface area contributed by atoms with E-state index in [1.165, 1.54) is 42.7 Å². The Morgan fingerprint density at radius 2 is 1.69 bits per heavy atom. The molecule has 12 heteroatoms. The molecule has 2 aliphatic heterocycles. The van der Waals surface area contributed by atoms with Crippen molar-refractivity contribution in [2.24, 2.45) is 0 Å². The number of hydrogen-bond acceptors (Lipinski definition) is 6. The normalized spacial score (nSPS) is 16.7. The zero-order chi connectivity index (χ0) is 29.5. The van der Waals surface area contributed by atoms with E-state index in [0.29, 0.717) is 60.7 Å². The molecular weight excluding hydrogens is 557 g/mol. The molecule has 6 rings (SSSR count). The molecule has 1 N–H and O–H groups in total. The van der Waals surface area contributed by atoms with E-state index in [2.05, 4.69) is 24.9 Å². The van der Waals surface area contributed by atoms with Crippen molar-refractivity contribution in [3.05, 3.63) is 102 Å². The summed E-state index contributed by atoms with van der Waals surface area (Å²) in [5, 5.41) is 3.57. The first-order chi connectivity index (χ1) is 20.1. The number of rotatable bonds is 5. The minimum absolute atomic E-state index is 0.309. The fourth-order valence-electron chi connectivity index (χ4n) is 5.56. The van der Waals surface area contributed by atoms with Gasteiger partial charge in [0.1, 0.15) is 17.7 Å².